The normalized spacial score (nSPS) is 11.1. The molecule has 0 aliphatic heterocycles. The summed E-state index contributed by atoms with van der Waals surface area (Å²) < 4.78 is 5.44. The van der Waals surface area contributed by atoms with Crippen LogP contribution in [0.2, 0.25) is 0 Å². The Bertz CT molecular complexity index is 422. The molecule has 0 aliphatic rings. The Morgan fingerprint density at radius 2 is 2.06 bits per heavy atom. The molecule has 0 spiro atoms. The van der Waals surface area contributed by atoms with Crippen LogP contribution in [0, 0.1) is 5.41 Å². The third-order valence-corrected chi connectivity index (χ3v) is 2.36. The number of ether oxygens (including phenoxy) is 1. The van der Waals surface area contributed by atoms with Crippen LogP contribution in [0.1, 0.15) is 38.1 Å². The first kappa shape index (κ1) is 14.4. The molecule has 18 heavy (non-hydrogen) atoms. The number of benzene rings is 1. The lowest BCUT2D eigenvalue weighted by Gasteiger charge is -2.19. The number of anilines is 1. The van der Waals surface area contributed by atoms with Crippen LogP contribution in [0.25, 0.3) is 0 Å². The summed E-state index contributed by atoms with van der Waals surface area (Å²) in [4.78, 5) is 12.1. The fourth-order valence-corrected chi connectivity index (χ4v) is 1.48. The number of nitrogens with one attached hydrogen (secondary N) is 1. The second kappa shape index (κ2) is 5.76. The predicted octanol–water partition coefficient (Wildman–Crippen LogP) is 2.44. The van der Waals surface area contributed by atoms with Crippen molar-refractivity contribution in [3.8, 4) is 5.75 Å². The van der Waals surface area contributed by atoms with Gasteiger partial charge in [-0.25, -0.2) is 0 Å². The van der Waals surface area contributed by atoms with Crippen molar-refractivity contribution in [1.29, 1.82) is 0 Å². The van der Waals surface area contributed by atoms with Gasteiger partial charge in [0.25, 0.3) is 5.91 Å². The van der Waals surface area contributed by atoms with Crippen LogP contribution in [0.4, 0.5) is 5.69 Å². The Balaban J connectivity index is 2.88. The Kier molecular flexibility index (Phi) is 4.59. The highest BCUT2D eigenvalue weighted by atomic mass is 16.5. The highest BCUT2D eigenvalue weighted by molar-refractivity contribution is 5.98. The van der Waals surface area contributed by atoms with Crippen LogP contribution in [0.15, 0.2) is 18.2 Å². The average molecular weight is 250 g/mol. The molecule has 0 heterocycles. The highest BCUT2D eigenvalue weighted by Crippen LogP contribution is 2.26. The van der Waals surface area contributed by atoms with Gasteiger partial charge in [0.05, 0.1) is 17.9 Å². The van der Waals surface area contributed by atoms with Crippen molar-refractivity contribution in [2.24, 2.45) is 5.41 Å². The molecule has 3 N–H and O–H groups in total. The lowest BCUT2D eigenvalue weighted by molar-refractivity contribution is 0.0935. The molecule has 0 atom stereocenters. The SMILES string of the molecule is CCOc1c(N)cccc1C(=O)NCC(C)(C)C. The standard InChI is InChI=1S/C14H22N2O2/c1-5-18-12-10(7-6-8-11(12)15)13(17)16-9-14(2,3)4/h6-8H,5,9,15H2,1-4H3,(H,16,17). The summed E-state index contributed by atoms with van der Waals surface area (Å²) in [6.07, 6.45) is 0. The van der Waals surface area contributed by atoms with Crippen molar-refractivity contribution in [2.45, 2.75) is 27.7 Å². The van der Waals surface area contributed by atoms with Crippen LogP contribution in [-0.2, 0) is 0 Å². The van der Waals surface area contributed by atoms with E-state index in [2.05, 4.69) is 26.1 Å². The zero-order valence-corrected chi connectivity index (χ0v) is 11.5. The number of rotatable bonds is 4. The second-order valence-corrected chi connectivity index (χ2v) is 5.40. The minimum atomic E-state index is -0.152. The molecule has 0 unspecified atom stereocenters. The van der Waals surface area contributed by atoms with Gasteiger partial charge in [0.2, 0.25) is 0 Å². The zero-order valence-electron chi connectivity index (χ0n) is 11.5. The number of nitrogen functional groups attached to an aromatic ring is 1. The van der Waals surface area contributed by atoms with Crippen LogP contribution in [0.5, 0.6) is 5.75 Å². The van der Waals surface area contributed by atoms with Gasteiger partial charge in [0.1, 0.15) is 0 Å². The van der Waals surface area contributed by atoms with Gasteiger partial charge in [0.15, 0.2) is 5.75 Å². The van der Waals surface area contributed by atoms with Crippen LogP contribution in [-0.4, -0.2) is 19.1 Å². The molecule has 1 aromatic rings. The van der Waals surface area contributed by atoms with E-state index in [4.69, 9.17) is 10.5 Å². The maximum atomic E-state index is 12.1. The molecule has 0 radical (unpaired) electrons. The van der Waals surface area contributed by atoms with E-state index in [0.29, 0.717) is 30.2 Å². The predicted molar refractivity (Wildman–Crippen MR) is 73.8 cm³/mol. The molecular formula is C14H22N2O2. The lowest BCUT2D eigenvalue weighted by Crippen LogP contribution is -2.32. The molecule has 4 nitrogen and oxygen atoms in total. The van der Waals surface area contributed by atoms with Crippen LogP contribution < -0.4 is 15.8 Å². The second-order valence-electron chi connectivity index (χ2n) is 5.40. The Hall–Kier alpha value is -1.71. The molecule has 4 heteroatoms. The number of carbonyl (C=O) groups is 1. The van der Waals surface area contributed by atoms with E-state index in [1.807, 2.05) is 6.92 Å². The summed E-state index contributed by atoms with van der Waals surface area (Å²) in [6, 6.07) is 5.20. The Labute approximate surface area is 109 Å². The van der Waals surface area contributed by atoms with E-state index in [9.17, 15) is 4.79 Å². The van der Waals surface area contributed by atoms with E-state index in [1.54, 1.807) is 18.2 Å². The molecular weight excluding hydrogens is 228 g/mol. The van der Waals surface area contributed by atoms with Crippen LogP contribution in [0.3, 0.4) is 0 Å². The molecule has 0 bridgehead atoms. The van der Waals surface area contributed by atoms with Gasteiger partial charge in [-0.05, 0) is 24.5 Å². The van der Waals surface area contributed by atoms with Crippen molar-refractivity contribution in [3.05, 3.63) is 23.8 Å². The van der Waals surface area contributed by atoms with E-state index in [0.717, 1.165) is 0 Å². The first-order valence-electron chi connectivity index (χ1n) is 6.14. The third-order valence-electron chi connectivity index (χ3n) is 2.36. The van der Waals surface area contributed by atoms with Gasteiger partial charge in [-0.2, -0.15) is 0 Å². The maximum Gasteiger partial charge on any atom is 0.255 e. The lowest BCUT2D eigenvalue weighted by atomic mass is 9.97. The molecule has 0 saturated heterocycles. The number of para-hydroxylation sites is 1. The zero-order chi connectivity index (χ0) is 13.8. The number of carbonyl (C=O) groups excluding carboxylic acids is 1. The monoisotopic (exact) mass is 250 g/mol. The molecule has 0 aromatic heterocycles. The van der Waals surface area contributed by atoms with Gasteiger partial charge >= 0.3 is 0 Å². The van der Waals surface area contributed by atoms with Gasteiger partial charge in [0, 0.05) is 6.54 Å². The summed E-state index contributed by atoms with van der Waals surface area (Å²) in [7, 11) is 0. The highest BCUT2D eigenvalue weighted by Gasteiger charge is 2.17. The first-order chi connectivity index (χ1) is 8.35. The van der Waals surface area contributed by atoms with Crippen molar-refractivity contribution in [2.75, 3.05) is 18.9 Å². The smallest absolute Gasteiger partial charge is 0.255 e. The minimum absolute atomic E-state index is 0.0434. The number of hydrogen-bond acceptors (Lipinski definition) is 3. The van der Waals surface area contributed by atoms with Crippen molar-refractivity contribution in [3.63, 3.8) is 0 Å². The number of hydrogen-bond donors (Lipinski definition) is 2. The Morgan fingerprint density at radius 3 is 2.61 bits per heavy atom. The number of amides is 1. The van der Waals surface area contributed by atoms with Crippen molar-refractivity contribution >= 4 is 11.6 Å². The number of nitrogens with two attached hydrogens (primary N) is 1. The fraction of sp³-hybridized carbons (Fsp3) is 0.500. The molecule has 0 fully saturated rings. The van der Waals surface area contributed by atoms with E-state index in [1.165, 1.54) is 0 Å². The van der Waals surface area contributed by atoms with Gasteiger partial charge in [-0.3, -0.25) is 4.79 Å². The van der Waals surface area contributed by atoms with Gasteiger partial charge < -0.3 is 15.8 Å². The third kappa shape index (κ3) is 3.95. The summed E-state index contributed by atoms with van der Waals surface area (Å²) in [5, 5.41) is 2.89. The van der Waals surface area contributed by atoms with Gasteiger partial charge in [-0.1, -0.05) is 26.8 Å². The van der Waals surface area contributed by atoms with E-state index >= 15 is 0 Å². The Morgan fingerprint density at radius 1 is 1.39 bits per heavy atom. The molecule has 1 aromatic carbocycles. The molecule has 1 rings (SSSR count). The average Bonchev–Trinajstić information content (AvgIpc) is 2.28. The molecule has 0 saturated carbocycles. The molecule has 1 amide bonds. The fourth-order valence-electron chi connectivity index (χ4n) is 1.48. The minimum Gasteiger partial charge on any atom is -0.491 e. The maximum absolute atomic E-state index is 12.1. The quantitative estimate of drug-likeness (QED) is 0.807. The largest absolute Gasteiger partial charge is 0.491 e. The molecule has 0 aliphatic carbocycles. The molecule has 100 valence electrons. The topological polar surface area (TPSA) is 64.3 Å². The van der Waals surface area contributed by atoms with Crippen LogP contribution >= 0.6 is 0 Å². The van der Waals surface area contributed by atoms with Crippen molar-refractivity contribution in [1.82, 2.24) is 5.32 Å². The van der Waals surface area contributed by atoms with E-state index < -0.39 is 0 Å². The van der Waals surface area contributed by atoms with Gasteiger partial charge in [-0.15, -0.1) is 0 Å². The summed E-state index contributed by atoms with van der Waals surface area (Å²) in [5.41, 5.74) is 6.84. The summed E-state index contributed by atoms with van der Waals surface area (Å²) >= 11 is 0. The first-order valence-corrected chi connectivity index (χ1v) is 6.14. The summed E-state index contributed by atoms with van der Waals surface area (Å²) in [6.45, 7) is 9.14. The van der Waals surface area contributed by atoms with E-state index in [-0.39, 0.29) is 11.3 Å². The van der Waals surface area contributed by atoms with Crippen molar-refractivity contribution < 1.29 is 9.53 Å². The summed E-state index contributed by atoms with van der Waals surface area (Å²) in [5.74, 6) is 0.312.